The highest BCUT2D eigenvalue weighted by atomic mass is 32.2. The van der Waals surface area contributed by atoms with Crippen molar-refractivity contribution >= 4 is 26.7 Å². The van der Waals surface area contributed by atoms with Crippen LogP contribution in [0.15, 0.2) is 47.4 Å². The zero-order valence-electron chi connectivity index (χ0n) is 12.8. The number of fused-ring (bicyclic) bond motifs is 1. The summed E-state index contributed by atoms with van der Waals surface area (Å²) in [6.45, 7) is 1.71. The fourth-order valence-electron chi connectivity index (χ4n) is 2.07. The molecule has 1 unspecified atom stereocenters. The van der Waals surface area contributed by atoms with Gasteiger partial charge in [-0.1, -0.05) is 30.3 Å². The summed E-state index contributed by atoms with van der Waals surface area (Å²) in [7, 11) is -3.66. The Labute approximate surface area is 135 Å². The van der Waals surface area contributed by atoms with Crippen LogP contribution < -0.4 is 10.0 Å². The summed E-state index contributed by atoms with van der Waals surface area (Å²) in [5.74, 6) is -0.313. The molecule has 1 atom stereocenters. The molecule has 6 nitrogen and oxygen atoms in total. The van der Waals surface area contributed by atoms with E-state index in [9.17, 15) is 13.2 Å². The summed E-state index contributed by atoms with van der Waals surface area (Å²) in [5.41, 5.74) is 0. The van der Waals surface area contributed by atoms with Crippen LogP contribution >= 0.6 is 0 Å². The lowest BCUT2D eigenvalue weighted by Crippen LogP contribution is -2.34. The van der Waals surface area contributed by atoms with Gasteiger partial charge in [0.1, 0.15) is 0 Å². The molecule has 23 heavy (non-hydrogen) atoms. The van der Waals surface area contributed by atoms with Gasteiger partial charge in [0.05, 0.1) is 11.0 Å². The molecule has 0 heterocycles. The van der Waals surface area contributed by atoms with Crippen LogP contribution in [0.5, 0.6) is 0 Å². The summed E-state index contributed by atoms with van der Waals surface area (Å²) in [5, 5.41) is 13.4. The molecule has 7 heteroatoms. The van der Waals surface area contributed by atoms with Crippen molar-refractivity contribution in [1.82, 2.24) is 10.0 Å². The van der Waals surface area contributed by atoms with E-state index in [1.807, 2.05) is 24.3 Å². The number of rotatable bonds is 7. The predicted octanol–water partition coefficient (Wildman–Crippen LogP) is 1.01. The van der Waals surface area contributed by atoms with E-state index in [1.165, 1.54) is 6.07 Å². The Balaban J connectivity index is 1.96. The summed E-state index contributed by atoms with van der Waals surface area (Å²) in [6, 6.07) is 12.4. The fraction of sp³-hybridized carbons (Fsp3) is 0.312. The SMILES string of the molecule is CC(O)CNC(=O)CCNS(=O)(=O)c1ccc2ccccc2c1. The first-order valence-corrected chi connectivity index (χ1v) is 8.80. The average Bonchev–Trinajstić information content (AvgIpc) is 2.52. The van der Waals surface area contributed by atoms with Crippen LogP contribution in [0, 0.1) is 0 Å². The van der Waals surface area contributed by atoms with Gasteiger partial charge in [-0.15, -0.1) is 0 Å². The van der Waals surface area contributed by atoms with Gasteiger partial charge in [0.2, 0.25) is 15.9 Å². The third-order valence-corrected chi connectivity index (χ3v) is 4.73. The molecule has 0 aliphatic carbocycles. The van der Waals surface area contributed by atoms with Gasteiger partial charge in [-0.05, 0) is 29.8 Å². The number of benzene rings is 2. The van der Waals surface area contributed by atoms with Crippen LogP contribution in [0.4, 0.5) is 0 Å². The number of aliphatic hydroxyl groups is 1. The predicted molar refractivity (Wildman–Crippen MR) is 88.4 cm³/mol. The molecule has 0 aromatic heterocycles. The lowest BCUT2D eigenvalue weighted by molar-refractivity contribution is -0.121. The number of carbonyl (C=O) groups excluding carboxylic acids is 1. The van der Waals surface area contributed by atoms with E-state index >= 15 is 0 Å². The maximum Gasteiger partial charge on any atom is 0.240 e. The van der Waals surface area contributed by atoms with Crippen molar-refractivity contribution in [2.24, 2.45) is 0 Å². The van der Waals surface area contributed by atoms with Crippen molar-refractivity contribution in [3.63, 3.8) is 0 Å². The minimum Gasteiger partial charge on any atom is -0.392 e. The molecule has 0 fully saturated rings. The molecule has 2 aromatic rings. The molecule has 2 aromatic carbocycles. The van der Waals surface area contributed by atoms with E-state index in [0.717, 1.165) is 10.8 Å². The second-order valence-electron chi connectivity index (χ2n) is 5.31. The van der Waals surface area contributed by atoms with Crippen LogP contribution in [0.25, 0.3) is 10.8 Å². The van der Waals surface area contributed by atoms with Crippen LogP contribution in [-0.2, 0) is 14.8 Å². The molecule has 2 rings (SSSR count). The van der Waals surface area contributed by atoms with Crippen molar-refractivity contribution in [1.29, 1.82) is 0 Å². The van der Waals surface area contributed by atoms with E-state index in [1.54, 1.807) is 19.1 Å². The Morgan fingerprint density at radius 3 is 2.57 bits per heavy atom. The second kappa shape index (κ2) is 7.54. The highest BCUT2D eigenvalue weighted by Crippen LogP contribution is 2.18. The van der Waals surface area contributed by atoms with Crippen molar-refractivity contribution in [2.45, 2.75) is 24.3 Å². The molecular formula is C16H20N2O4S. The smallest absolute Gasteiger partial charge is 0.240 e. The molecule has 1 amide bonds. The highest BCUT2D eigenvalue weighted by Gasteiger charge is 2.14. The van der Waals surface area contributed by atoms with Crippen molar-refractivity contribution in [2.75, 3.05) is 13.1 Å². The summed E-state index contributed by atoms with van der Waals surface area (Å²) in [6.07, 6.45) is -0.618. The van der Waals surface area contributed by atoms with Crippen LogP contribution in [0.2, 0.25) is 0 Å². The summed E-state index contributed by atoms with van der Waals surface area (Å²) in [4.78, 5) is 11.7. The maximum atomic E-state index is 12.2. The van der Waals surface area contributed by atoms with Crippen LogP contribution in [0.1, 0.15) is 13.3 Å². The number of amides is 1. The third kappa shape index (κ3) is 5.02. The zero-order valence-corrected chi connectivity index (χ0v) is 13.6. The van der Waals surface area contributed by atoms with Crippen molar-refractivity contribution < 1.29 is 18.3 Å². The molecule has 0 aliphatic rings. The highest BCUT2D eigenvalue weighted by molar-refractivity contribution is 7.89. The normalized spacial score (nSPS) is 13.0. The van der Waals surface area contributed by atoms with Gasteiger partial charge >= 0.3 is 0 Å². The van der Waals surface area contributed by atoms with Gasteiger partial charge in [0.15, 0.2) is 0 Å². The Hall–Kier alpha value is -1.96. The summed E-state index contributed by atoms with van der Waals surface area (Å²) < 4.78 is 26.9. The molecule has 0 saturated carbocycles. The molecule has 3 N–H and O–H groups in total. The fourth-order valence-corrected chi connectivity index (χ4v) is 3.13. The monoisotopic (exact) mass is 336 g/mol. The zero-order chi connectivity index (χ0) is 16.9. The lowest BCUT2D eigenvalue weighted by Gasteiger charge is -2.09. The largest absolute Gasteiger partial charge is 0.392 e. The molecule has 0 aliphatic heterocycles. The van der Waals surface area contributed by atoms with Gasteiger partial charge in [-0.3, -0.25) is 4.79 Å². The Bertz CT molecular complexity index is 788. The standard InChI is InChI=1S/C16H20N2O4S/c1-12(19)11-17-16(20)8-9-18-23(21,22)15-7-6-13-4-2-3-5-14(13)10-15/h2-7,10,12,18-19H,8-9,11H2,1H3,(H,17,20). The lowest BCUT2D eigenvalue weighted by atomic mass is 10.1. The molecular weight excluding hydrogens is 316 g/mol. The van der Waals surface area contributed by atoms with Gasteiger partial charge in [0, 0.05) is 19.5 Å². The van der Waals surface area contributed by atoms with Crippen LogP contribution in [-0.4, -0.2) is 38.6 Å². The minimum absolute atomic E-state index is 0.000797. The number of hydrogen-bond acceptors (Lipinski definition) is 4. The van der Waals surface area contributed by atoms with E-state index in [0.29, 0.717) is 0 Å². The van der Waals surface area contributed by atoms with E-state index < -0.39 is 16.1 Å². The van der Waals surface area contributed by atoms with Crippen molar-refractivity contribution in [3.8, 4) is 0 Å². The van der Waals surface area contributed by atoms with E-state index in [2.05, 4.69) is 10.0 Å². The average molecular weight is 336 g/mol. The molecule has 0 bridgehead atoms. The first kappa shape index (κ1) is 17.4. The van der Waals surface area contributed by atoms with Gasteiger partial charge in [0.25, 0.3) is 0 Å². The maximum absolute atomic E-state index is 12.2. The summed E-state index contributed by atoms with van der Waals surface area (Å²) >= 11 is 0. The Morgan fingerprint density at radius 2 is 1.87 bits per heavy atom. The molecule has 0 spiro atoms. The van der Waals surface area contributed by atoms with Gasteiger partial charge in [-0.25, -0.2) is 13.1 Å². The van der Waals surface area contributed by atoms with Gasteiger partial charge in [-0.2, -0.15) is 0 Å². The van der Waals surface area contributed by atoms with Crippen molar-refractivity contribution in [3.05, 3.63) is 42.5 Å². The third-order valence-electron chi connectivity index (χ3n) is 3.27. The first-order chi connectivity index (χ1) is 10.9. The minimum atomic E-state index is -3.66. The number of carbonyl (C=O) groups is 1. The molecule has 0 radical (unpaired) electrons. The topological polar surface area (TPSA) is 95.5 Å². The van der Waals surface area contributed by atoms with E-state index in [-0.39, 0.29) is 30.3 Å². The number of aliphatic hydroxyl groups excluding tert-OH is 1. The van der Waals surface area contributed by atoms with Crippen LogP contribution in [0.3, 0.4) is 0 Å². The number of nitrogens with one attached hydrogen (secondary N) is 2. The number of hydrogen-bond donors (Lipinski definition) is 3. The van der Waals surface area contributed by atoms with E-state index in [4.69, 9.17) is 5.11 Å². The Kier molecular flexibility index (Phi) is 5.70. The number of sulfonamides is 1. The van der Waals surface area contributed by atoms with Gasteiger partial charge < -0.3 is 10.4 Å². The first-order valence-electron chi connectivity index (χ1n) is 7.32. The Morgan fingerprint density at radius 1 is 1.17 bits per heavy atom. The molecule has 124 valence electrons. The molecule has 0 saturated heterocycles. The quantitative estimate of drug-likeness (QED) is 0.703. The second-order valence-corrected chi connectivity index (χ2v) is 7.08.